The van der Waals surface area contributed by atoms with E-state index in [4.69, 9.17) is 4.42 Å². The summed E-state index contributed by atoms with van der Waals surface area (Å²) in [7, 11) is 3.33. The number of rotatable bonds is 3. The third-order valence-electron chi connectivity index (χ3n) is 4.02. The minimum Gasteiger partial charge on any atom is -0.451 e. The number of benzene rings is 1. The first kappa shape index (κ1) is 15.9. The van der Waals surface area contributed by atoms with Crippen molar-refractivity contribution in [2.75, 3.05) is 19.4 Å². The number of hydrogen-bond acceptors (Lipinski definition) is 4. The van der Waals surface area contributed by atoms with E-state index in [9.17, 15) is 9.59 Å². The number of furan rings is 1. The molecule has 2 N–H and O–H groups in total. The molecule has 0 aliphatic carbocycles. The predicted molar refractivity (Wildman–Crippen MR) is 98.3 cm³/mol. The maximum Gasteiger partial charge on any atom is 0.289 e. The molecule has 1 aromatic carbocycles. The van der Waals surface area contributed by atoms with E-state index in [1.54, 1.807) is 56.7 Å². The molecule has 3 aromatic heterocycles. The summed E-state index contributed by atoms with van der Waals surface area (Å²) < 4.78 is 5.56. The molecule has 2 amide bonds. The molecule has 4 rings (SSSR count). The van der Waals surface area contributed by atoms with Crippen molar-refractivity contribution in [2.24, 2.45) is 0 Å². The molecule has 4 aromatic rings. The fraction of sp³-hybridized carbons (Fsp3) is 0.105. The molecule has 0 aliphatic rings. The van der Waals surface area contributed by atoms with Crippen molar-refractivity contribution in [2.45, 2.75) is 0 Å². The van der Waals surface area contributed by atoms with Crippen LogP contribution in [-0.2, 0) is 0 Å². The molecular formula is C19H16N4O3. The summed E-state index contributed by atoms with van der Waals surface area (Å²) in [6.45, 7) is 0. The molecule has 0 unspecified atom stereocenters. The topological polar surface area (TPSA) is 91.2 Å². The Bertz CT molecular complexity index is 1110. The van der Waals surface area contributed by atoms with Crippen molar-refractivity contribution in [3.05, 3.63) is 60.1 Å². The zero-order valence-electron chi connectivity index (χ0n) is 14.2. The number of carbonyl (C=O) groups is 2. The van der Waals surface area contributed by atoms with E-state index in [0.29, 0.717) is 17.0 Å². The van der Waals surface area contributed by atoms with E-state index in [-0.39, 0.29) is 17.6 Å². The lowest BCUT2D eigenvalue weighted by Gasteiger charge is -2.06. The summed E-state index contributed by atoms with van der Waals surface area (Å²) in [6, 6.07) is 12.3. The molecule has 0 radical (unpaired) electrons. The first-order valence-electron chi connectivity index (χ1n) is 8.01. The third kappa shape index (κ3) is 2.79. The number of amides is 2. The number of carbonyl (C=O) groups excluding carboxylic acids is 2. The molecule has 3 heterocycles. The van der Waals surface area contributed by atoms with E-state index in [1.807, 2.05) is 6.07 Å². The second kappa shape index (κ2) is 6.03. The number of aromatic amines is 1. The molecule has 26 heavy (non-hydrogen) atoms. The predicted octanol–water partition coefficient (Wildman–Crippen LogP) is 3.26. The van der Waals surface area contributed by atoms with Gasteiger partial charge in [-0.15, -0.1) is 0 Å². The highest BCUT2D eigenvalue weighted by molar-refractivity contribution is 6.06. The molecule has 7 heteroatoms. The van der Waals surface area contributed by atoms with E-state index < -0.39 is 0 Å². The van der Waals surface area contributed by atoms with Crippen LogP contribution in [0.15, 0.2) is 53.1 Å². The van der Waals surface area contributed by atoms with Crippen molar-refractivity contribution in [1.82, 2.24) is 14.9 Å². The van der Waals surface area contributed by atoms with Crippen LogP contribution in [0, 0.1) is 0 Å². The standard InChI is InChI=1S/C19H16N4O3/c1-23(2)19(25)17-9-11-8-12(5-6-16(11)26-17)21-18(24)15-10-14-13(22-15)4-3-7-20-14/h3-10,22H,1-2H3,(H,21,24). The van der Waals surface area contributed by atoms with E-state index in [2.05, 4.69) is 15.3 Å². The minimum absolute atomic E-state index is 0.211. The highest BCUT2D eigenvalue weighted by Crippen LogP contribution is 2.24. The largest absolute Gasteiger partial charge is 0.451 e. The van der Waals surface area contributed by atoms with Gasteiger partial charge >= 0.3 is 0 Å². The summed E-state index contributed by atoms with van der Waals surface area (Å²) in [5.74, 6) is -0.219. The lowest BCUT2D eigenvalue weighted by Crippen LogP contribution is -2.20. The van der Waals surface area contributed by atoms with Gasteiger partial charge in [-0.1, -0.05) is 0 Å². The van der Waals surface area contributed by atoms with Crippen molar-refractivity contribution in [1.29, 1.82) is 0 Å². The monoisotopic (exact) mass is 348 g/mol. The number of H-pyrrole nitrogens is 1. The summed E-state index contributed by atoms with van der Waals surface area (Å²) in [4.78, 5) is 33.2. The van der Waals surface area contributed by atoms with Gasteiger partial charge in [-0.2, -0.15) is 0 Å². The molecule has 0 atom stereocenters. The zero-order chi connectivity index (χ0) is 18.3. The van der Waals surface area contributed by atoms with Crippen LogP contribution in [0.25, 0.3) is 22.0 Å². The Morgan fingerprint density at radius 3 is 2.77 bits per heavy atom. The summed E-state index contributed by atoms with van der Waals surface area (Å²) >= 11 is 0. The summed E-state index contributed by atoms with van der Waals surface area (Å²) in [6.07, 6.45) is 1.68. The van der Waals surface area contributed by atoms with Crippen molar-refractivity contribution in [3.63, 3.8) is 0 Å². The van der Waals surface area contributed by atoms with Gasteiger partial charge in [0.25, 0.3) is 11.8 Å². The van der Waals surface area contributed by atoms with Crippen molar-refractivity contribution in [3.8, 4) is 0 Å². The molecule has 0 saturated heterocycles. The number of nitrogens with one attached hydrogen (secondary N) is 2. The zero-order valence-corrected chi connectivity index (χ0v) is 14.2. The van der Waals surface area contributed by atoms with Gasteiger partial charge in [-0.3, -0.25) is 14.6 Å². The Kier molecular flexibility index (Phi) is 3.69. The first-order chi connectivity index (χ1) is 12.5. The number of hydrogen-bond donors (Lipinski definition) is 2. The van der Waals surface area contributed by atoms with Gasteiger partial charge in [0.2, 0.25) is 0 Å². The second-order valence-corrected chi connectivity index (χ2v) is 6.14. The molecule has 130 valence electrons. The lowest BCUT2D eigenvalue weighted by atomic mass is 10.2. The van der Waals surface area contributed by atoms with Crippen LogP contribution in [0.4, 0.5) is 5.69 Å². The van der Waals surface area contributed by atoms with Gasteiger partial charge < -0.3 is 19.6 Å². The van der Waals surface area contributed by atoms with Gasteiger partial charge in [-0.25, -0.2) is 0 Å². The molecule has 0 aliphatic heterocycles. The Hall–Kier alpha value is -3.61. The Labute approximate surface area is 148 Å². The Morgan fingerprint density at radius 1 is 1.15 bits per heavy atom. The highest BCUT2D eigenvalue weighted by Gasteiger charge is 2.15. The van der Waals surface area contributed by atoms with Crippen molar-refractivity contribution >= 4 is 39.5 Å². The fourth-order valence-corrected chi connectivity index (χ4v) is 2.72. The molecule has 0 spiro atoms. The quantitative estimate of drug-likeness (QED) is 0.594. The average molecular weight is 348 g/mol. The first-order valence-corrected chi connectivity index (χ1v) is 8.01. The fourth-order valence-electron chi connectivity index (χ4n) is 2.72. The number of aromatic nitrogens is 2. The number of nitrogens with zero attached hydrogens (tertiary/aromatic N) is 2. The number of pyridine rings is 1. The maximum atomic E-state index is 12.5. The van der Waals surface area contributed by atoms with Crippen LogP contribution >= 0.6 is 0 Å². The Morgan fingerprint density at radius 2 is 2.00 bits per heavy atom. The third-order valence-corrected chi connectivity index (χ3v) is 4.02. The highest BCUT2D eigenvalue weighted by atomic mass is 16.3. The maximum absolute atomic E-state index is 12.5. The second-order valence-electron chi connectivity index (χ2n) is 6.14. The van der Waals surface area contributed by atoms with Gasteiger partial charge in [0.05, 0.1) is 11.0 Å². The van der Waals surface area contributed by atoms with Crippen LogP contribution in [0.5, 0.6) is 0 Å². The van der Waals surface area contributed by atoms with Gasteiger partial charge in [0.1, 0.15) is 11.3 Å². The van der Waals surface area contributed by atoms with E-state index >= 15 is 0 Å². The summed E-state index contributed by atoms with van der Waals surface area (Å²) in [5.41, 5.74) is 3.15. The van der Waals surface area contributed by atoms with Crippen LogP contribution < -0.4 is 5.32 Å². The van der Waals surface area contributed by atoms with E-state index in [1.165, 1.54) is 4.90 Å². The number of fused-ring (bicyclic) bond motifs is 2. The lowest BCUT2D eigenvalue weighted by molar-refractivity contribution is 0.0799. The van der Waals surface area contributed by atoms with Crippen LogP contribution in [0.2, 0.25) is 0 Å². The minimum atomic E-state index is -0.268. The van der Waals surface area contributed by atoms with Crippen LogP contribution in [0.1, 0.15) is 21.0 Å². The Balaban J connectivity index is 1.60. The smallest absolute Gasteiger partial charge is 0.289 e. The normalized spacial score (nSPS) is 11.0. The van der Waals surface area contributed by atoms with Crippen LogP contribution in [-0.4, -0.2) is 40.8 Å². The SMILES string of the molecule is CN(C)C(=O)c1cc2cc(NC(=O)c3cc4ncccc4[nH]3)ccc2o1. The molecule has 0 bridgehead atoms. The van der Waals surface area contributed by atoms with Gasteiger partial charge in [0.15, 0.2) is 5.76 Å². The van der Waals surface area contributed by atoms with Gasteiger partial charge in [-0.05, 0) is 42.5 Å². The summed E-state index contributed by atoms with van der Waals surface area (Å²) in [5, 5.41) is 3.58. The molecular weight excluding hydrogens is 332 g/mol. The van der Waals surface area contributed by atoms with Crippen LogP contribution in [0.3, 0.4) is 0 Å². The molecule has 0 saturated carbocycles. The number of anilines is 1. The van der Waals surface area contributed by atoms with Crippen molar-refractivity contribution < 1.29 is 14.0 Å². The van der Waals surface area contributed by atoms with Gasteiger partial charge in [0, 0.05) is 31.4 Å². The molecule has 7 nitrogen and oxygen atoms in total. The average Bonchev–Trinajstić information content (AvgIpc) is 3.24. The van der Waals surface area contributed by atoms with E-state index in [0.717, 1.165) is 16.4 Å². The molecule has 0 fully saturated rings.